The van der Waals surface area contributed by atoms with E-state index in [0.29, 0.717) is 12.6 Å². The molecule has 1 aromatic rings. The Kier molecular flexibility index (Phi) is 5.25. The summed E-state index contributed by atoms with van der Waals surface area (Å²) in [5.41, 5.74) is 0. The van der Waals surface area contributed by atoms with Gasteiger partial charge in [-0.3, -0.25) is 4.68 Å². The van der Waals surface area contributed by atoms with Crippen molar-refractivity contribution in [3.63, 3.8) is 0 Å². The van der Waals surface area contributed by atoms with E-state index < -0.39 is 0 Å². The van der Waals surface area contributed by atoms with Gasteiger partial charge in [-0.1, -0.05) is 6.92 Å². The number of rotatable bonds is 7. The summed E-state index contributed by atoms with van der Waals surface area (Å²) in [5, 5.41) is 7.58. The summed E-state index contributed by atoms with van der Waals surface area (Å²) < 4.78 is 7.09. The molecule has 0 aliphatic carbocycles. The van der Waals surface area contributed by atoms with Crippen molar-refractivity contribution < 1.29 is 4.74 Å². The van der Waals surface area contributed by atoms with Gasteiger partial charge in [0.05, 0.1) is 12.6 Å². The van der Waals surface area contributed by atoms with Crippen molar-refractivity contribution in [1.29, 1.82) is 0 Å². The predicted molar refractivity (Wildman–Crippen MR) is 56.3 cm³/mol. The monoisotopic (exact) mass is 197 g/mol. The normalized spacial score (nSPS) is 13.0. The van der Waals surface area contributed by atoms with Crippen LogP contribution in [0.1, 0.15) is 19.4 Å². The van der Waals surface area contributed by atoms with Crippen molar-refractivity contribution in [3.8, 4) is 0 Å². The first-order valence-electron chi connectivity index (χ1n) is 5.07. The van der Waals surface area contributed by atoms with Crippen molar-refractivity contribution >= 4 is 0 Å². The fourth-order valence-electron chi connectivity index (χ4n) is 1.36. The predicted octanol–water partition coefficient (Wildman–Crippen LogP) is 1.07. The van der Waals surface area contributed by atoms with E-state index in [9.17, 15) is 0 Å². The number of hydrogen-bond donors (Lipinski definition) is 1. The van der Waals surface area contributed by atoms with Crippen LogP contribution in [0, 0.1) is 0 Å². The highest BCUT2D eigenvalue weighted by atomic mass is 16.5. The number of nitrogens with one attached hydrogen (secondary N) is 1. The second-order valence-corrected chi connectivity index (χ2v) is 3.30. The third kappa shape index (κ3) is 3.47. The van der Waals surface area contributed by atoms with Gasteiger partial charge < -0.3 is 10.1 Å². The van der Waals surface area contributed by atoms with Gasteiger partial charge in [0.15, 0.2) is 0 Å². The van der Waals surface area contributed by atoms with E-state index >= 15 is 0 Å². The number of ether oxygens (including phenoxy) is 1. The Hall–Kier alpha value is -0.870. The van der Waals surface area contributed by atoms with Gasteiger partial charge in [-0.2, -0.15) is 5.10 Å². The lowest BCUT2D eigenvalue weighted by molar-refractivity contribution is 0.148. The molecular weight excluding hydrogens is 178 g/mol. The van der Waals surface area contributed by atoms with E-state index in [1.165, 1.54) is 0 Å². The molecule has 14 heavy (non-hydrogen) atoms. The highest BCUT2D eigenvalue weighted by Crippen LogP contribution is 2.03. The lowest BCUT2D eigenvalue weighted by Gasteiger charge is -2.17. The second-order valence-electron chi connectivity index (χ2n) is 3.30. The zero-order chi connectivity index (χ0) is 10.2. The first-order chi connectivity index (χ1) is 6.88. The highest BCUT2D eigenvalue weighted by Gasteiger charge is 2.09. The molecule has 80 valence electrons. The van der Waals surface area contributed by atoms with Gasteiger partial charge in [0.1, 0.15) is 0 Å². The molecule has 1 aromatic heterocycles. The number of hydrogen-bond acceptors (Lipinski definition) is 3. The fraction of sp³-hybridized carbons (Fsp3) is 0.700. The van der Waals surface area contributed by atoms with Gasteiger partial charge in [-0.05, 0) is 19.0 Å². The molecule has 0 aromatic carbocycles. The molecule has 0 radical (unpaired) electrons. The van der Waals surface area contributed by atoms with Crippen LogP contribution < -0.4 is 5.32 Å². The van der Waals surface area contributed by atoms with Crippen molar-refractivity contribution in [3.05, 3.63) is 18.5 Å². The lowest BCUT2D eigenvalue weighted by Crippen LogP contribution is -2.29. The third-order valence-corrected chi connectivity index (χ3v) is 2.06. The molecule has 0 saturated carbocycles. The van der Waals surface area contributed by atoms with Crippen LogP contribution in [-0.4, -0.2) is 36.6 Å². The first-order valence-corrected chi connectivity index (χ1v) is 5.07. The van der Waals surface area contributed by atoms with E-state index in [1.54, 1.807) is 13.3 Å². The van der Waals surface area contributed by atoms with Crippen molar-refractivity contribution in [2.24, 2.45) is 0 Å². The maximum Gasteiger partial charge on any atom is 0.0876 e. The highest BCUT2D eigenvalue weighted by molar-refractivity contribution is 4.82. The second kappa shape index (κ2) is 6.56. The summed E-state index contributed by atoms with van der Waals surface area (Å²) in [6.45, 7) is 4.80. The number of aromatic nitrogens is 2. The van der Waals surface area contributed by atoms with Crippen LogP contribution in [0.5, 0.6) is 0 Å². The van der Waals surface area contributed by atoms with E-state index in [0.717, 1.165) is 19.5 Å². The summed E-state index contributed by atoms with van der Waals surface area (Å²) in [5.74, 6) is 0. The van der Waals surface area contributed by atoms with E-state index in [-0.39, 0.29) is 0 Å². The van der Waals surface area contributed by atoms with Gasteiger partial charge in [-0.25, -0.2) is 0 Å². The zero-order valence-electron chi connectivity index (χ0n) is 8.94. The first kappa shape index (κ1) is 11.2. The summed E-state index contributed by atoms with van der Waals surface area (Å²) in [6.07, 6.45) is 4.92. The van der Waals surface area contributed by atoms with Crippen LogP contribution in [0.4, 0.5) is 0 Å². The fourth-order valence-corrected chi connectivity index (χ4v) is 1.36. The van der Waals surface area contributed by atoms with Crippen molar-refractivity contribution in [2.45, 2.75) is 19.4 Å². The molecule has 0 spiro atoms. The van der Waals surface area contributed by atoms with Crippen LogP contribution in [0.2, 0.25) is 0 Å². The maximum absolute atomic E-state index is 5.16. The van der Waals surface area contributed by atoms with Gasteiger partial charge in [0, 0.05) is 26.0 Å². The smallest absolute Gasteiger partial charge is 0.0876 e. The quantitative estimate of drug-likeness (QED) is 0.665. The minimum absolute atomic E-state index is 0.293. The molecule has 0 aliphatic rings. The molecule has 1 atom stereocenters. The van der Waals surface area contributed by atoms with Gasteiger partial charge in [0.25, 0.3) is 0 Å². The van der Waals surface area contributed by atoms with Crippen molar-refractivity contribution in [1.82, 2.24) is 15.1 Å². The molecular formula is C10H19N3O. The Bertz CT molecular complexity index is 223. The van der Waals surface area contributed by atoms with Gasteiger partial charge in [-0.15, -0.1) is 0 Å². The van der Waals surface area contributed by atoms with E-state index in [2.05, 4.69) is 17.3 Å². The van der Waals surface area contributed by atoms with Crippen LogP contribution in [-0.2, 0) is 4.74 Å². The summed E-state index contributed by atoms with van der Waals surface area (Å²) >= 11 is 0. The Morgan fingerprint density at radius 1 is 1.57 bits per heavy atom. The Labute approximate surface area is 85.3 Å². The summed E-state index contributed by atoms with van der Waals surface area (Å²) in [4.78, 5) is 0. The molecule has 0 amide bonds. The number of nitrogens with zero attached hydrogens (tertiary/aromatic N) is 2. The molecule has 0 fully saturated rings. The SMILES string of the molecule is CCCNCC(COC)n1cccn1. The molecule has 4 nitrogen and oxygen atoms in total. The van der Waals surface area contributed by atoms with Gasteiger partial charge >= 0.3 is 0 Å². The molecule has 0 saturated heterocycles. The van der Waals surface area contributed by atoms with E-state index in [4.69, 9.17) is 4.74 Å². The molecule has 1 unspecified atom stereocenters. The lowest BCUT2D eigenvalue weighted by atomic mass is 10.3. The molecule has 1 N–H and O–H groups in total. The van der Waals surface area contributed by atoms with E-state index in [1.807, 2.05) is 16.9 Å². The Morgan fingerprint density at radius 2 is 2.43 bits per heavy atom. The molecule has 1 rings (SSSR count). The largest absolute Gasteiger partial charge is 0.382 e. The van der Waals surface area contributed by atoms with Crippen molar-refractivity contribution in [2.75, 3.05) is 26.8 Å². The average Bonchev–Trinajstić information content (AvgIpc) is 2.70. The maximum atomic E-state index is 5.16. The standard InChI is InChI=1S/C10H19N3O/c1-3-5-11-8-10(9-14-2)13-7-4-6-12-13/h4,6-7,10-11H,3,5,8-9H2,1-2H3. The molecule has 4 heteroatoms. The van der Waals surface area contributed by atoms with Crippen LogP contribution >= 0.6 is 0 Å². The minimum Gasteiger partial charge on any atom is -0.382 e. The minimum atomic E-state index is 0.293. The average molecular weight is 197 g/mol. The molecule has 0 bridgehead atoms. The van der Waals surface area contributed by atoms with Gasteiger partial charge in [0.2, 0.25) is 0 Å². The Balaban J connectivity index is 2.39. The molecule has 1 heterocycles. The van der Waals surface area contributed by atoms with Crippen LogP contribution in [0.15, 0.2) is 18.5 Å². The topological polar surface area (TPSA) is 39.1 Å². The Morgan fingerprint density at radius 3 is 3.00 bits per heavy atom. The van der Waals surface area contributed by atoms with Crippen LogP contribution in [0.3, 0.4) is 0 Å². The zero-order valence-corrected chi connectivity index (χ0v) is 8.94. The molecule has 0 aliphatic heterocycles. The summed E-state index contributed by atoms with van der Waals surface area (Å²) in [7, 11) is 1.72. The summed E-state index contributed by atoms with van der Waals surface area (Å²) in [6, 6.07) is 2.23. The third-order valence-electron chi connectivity index (χ3n) is 2.06. The van der Waals surface area contributed by atoms with Crippen LogP contribution in [0.25, 0.3) is 0 Å². The number of methoxy groups -OCH3 is 1.